The molecule has 0 atom stereocenters. The number of nitrogens with one attached hydrogen (secondary N) is 1. The van der Waals surface area contributed by atoms with Gasteiger partial charge in [-0.2, -0.15) is 0 Å². The van der Waals surface area contributed by atoms with Crippen molar-refractivity contribution in [2.45, 2.75) is 12.8 Å². The van der Waals surface area contributed by atoms with Crippen LogP contribution < -0.4 is 10.1 Å². The average molecular weight is 189 g/mol. The molecule has 1 aromatic carbocycles. The number of fused-ring (bicyclic) bond motifs is 1. The van der Waals surface area contributed by atoms with Gasteiger partial charge in [-0.25, -0.2) is 0 Å². The molecule has 1 spiro atoms. The summed E-state index contributed by atoms with van der Waals surface area (Å²) in [5.74, 6) is 0.895. The molecule has 0 radical (unpaired) electrons. The van der Waals surface area contributed by atoms with Crippen molar-refractivity contribution in [2.75, 3.05) is 11.9 Å². The zero-order valence-electron chi connectivity index (χ0n) is 7.75. The van der Waals surface area contributed by atoms with Crippen molar-refractivity contribution in [3.63, 3.8) is 0 Å². The van der Waals surface area contributed by atoms with Crippen LogP contribution in [0.2, 0.25) is 0 Å². The second-order valence-electron chi connectivity index (χ2n) is 4.02. The van der Waals surface area contributed by atoms with E-state index in [0.29, 0.717) is 6.61 Å². The molecule has 0 aromatic heterocycles. The van der Waals surface area contributed by atoms with E-state index in [1.807, 2.05) is 24.3 Å². The second kappa shape index (κ2) is 2.50. The Labute approximate surface area is 82.1 Å². The lowest BCUT2D eigenvalue weighted by Gasteiger charge is -2.08. The number of anilines is 1. The maximum absolute atomic E-state index is 11.8. The van der Waals surface area contributed by atoms with Gasteiger partial charge in [0.25, 0.3) is 0 Å². The van der Waals surface area contributed by atoms with Crippen LogP contribution in [0.15, 0.2) is 24.3 Å². The van der Waals surface area contributed by atoms with Gasteiger partial charge in [-0.3, -0.25) is 4.79 Å². The van der Waals surface area contributed by atoms with Gasteiger partial charge in [0.2, 0.25) is 5.91 Å². The molecule has 1 saturated carbocycles. The van der Waals surface area contributed by atoms with Crippen LogP contribution in [0.3, 0.4) is 0 Å². The molecule has 1 aromatic rings. The summed E-state index contributed by atoms with van der Waals surface area (Å²) in [7, 11) is 0. The number of ether oxygens (including phenoxy) is 1. The molecule has 3 rings (SSSR count). The van der Waals surface area contributed by atoms with Crippen molar-refractivity contribution < 1.29 is 9.53 Å². The number of rotatable bonds is 0. The Kier molecular flexibility index (Phi) is 1.40. The molecule has 3 nitrogen and oxygen atoms in total. The lowest BCUT2D eigenvalue weighted by molar-refractivity contribution is -0.121. The number of para-hydroxylation sites is 2. The first kappa shape index (κ1) is 7.85. The van der Waals surface area contributed by atoms with Gasteiger partial charge in [0, 0.05) is 0 Å². The van der Waals surface area contributed by atoms with Crippen LogP contribution in [0.5, 0.6) is 5.75 Å². The Morgan fingerprint density at radius 1 is 1.29 bits per heavy atom. The minimum absolute atomic E-state index is 0.113. The van der Waals surface area contributed by atoms with E-state index in [1.165, 1.54) is 0 Å². The topological polar surface area (TPSA) is 38.3 Å². The first-order valence-corrected chi connectivity index (χ1v) is 4.83. The number of carbonyl (C=O) groups is 1. The highest BCUT2D eigenvalue weighted by Gasteiger charge is 2.52. The maximum Gasteiger partial charge on any atom is 0.234 e. The lowest BCUT2D eigenvalue weighted by atomic mass is 10.1. The van der Waals surface area contributed by atoms with Gasteiger partial charge in [-0.05, 0) is 25.0 Å². The maximum atomic E-state index is 11.8. The van der Waals surface area contributed by atoms with Gasteiger partial charge < -0.3 is 10.1 Å². The first-order valence-electron chi connectivity index (χ1n) is 4.83. The van der Waals surface area contributed by atoms with E-state index in [-0.39, 0.29) is 11.3 Å². The molecule has 0 bridgehead atoms. The smallest absolute Gasteiger partial charge is 0.234 e. The number of amides is 1. The van der Waals surface area contributed by atoms with Crippen LogP contribution in [0.25, 0.3) is 0 Å². The van der Waals surface area contributed by atoms with Crippen molar-refractivity contribution in [1.82, 2.24) is 0 Å². The zero-order chi connectivity index (χ0) is 9.60. The third-order valence-corrected chi connectivity index (χ3v) is 2.97. The van der Waals surface area contributed by atoms with Crippen LogP contribution in [0.1, 0.15) is 12.8 Å². The molecule has 0 unspecified atom stereocenters. The summed E-state index contributed by atoms with van der Waals surface area (Å²) in [4.78, 5) is 11.8. The Morgan fingerprint density at radius 2 is 2.07 bits per heavy atom. The first-order chi connectivity index (χ1) is 6.80. The summed E-state index contributed by atoms with van der Waals surface area (Å²) in [6, 6.07) is 7.56. The van der Waals surface area contributed by atoms with Crippen molar-refractivity contribution in [3.8, 4) is 5.75 Å². The van der Waals surface area contributed by atoms with E-state index in [1.54, 1.807) is 0 Å². The quantitative estimate of drug-likeness (QED) is 0.675. The van der Waals surface area contributed by atoms with E-state index in [9.17, 15) is 4.79 Å². The van der Waals surface area contributed by atoms with Crippen molar-refractivity contribution in [3.05, 3.63) is 24.3 Å². The molecular weight excluding hydrogens is 178 g/mol. The molecule has 2 aliphatic rings. The monoisotopic (exact) mass is 189 g/mol. The molecule has 1 heterocycles. The lowest BCUT2D eigenvalue weighted by Crippen LogP contribution is -2.26. The summed E-state index contributed by atoms with van der Waals surface area (Å²) < 4.78 is 5.61. The number of carbonyl (C=O) groups excluding carboxylic acids is 1. The second-order valence-corrected chi connectivity index (χ2v) is 4.02. The minimum Gasteiger partial charge on any atom is -0.490 e. The predicted molar refractivity (Wildman–Crippen MR) is 52.2 cm³/mol. The Morgan fingerprint density at radius 3 is 2.86 bits per heavy atom. The third-order valence-electron chi connectivity index (χ3n) is 2.97. The highest BCUT2D eigenvalue weighted by molar-refractivity contribution is 5.99. The highest BCUT2D eigenvalue weighted by atomic mass is 16.5. The third kappa shape index (κ3) is 1.02. The van der Waals surface area contributed by atoms with Crippen LogP contribution in [0, 0.1) is 5.41 Å². The largest absolute Gasteiger partial charge is 0.490 e. The fourth-order valence-electron chi connectivity index (χ4n) is 1.75. The van der Waals surface area contributed by atoms with Gasteiger partial charge >= 0.3 is 0 Å². The summed E-state index contributed by atoms with van der Waals surface area (Å²) in [6.07, 6.45) is 1.90. The SMILES string of the molecule is O=C1Nc2ccccc2OCC12CC2. The van der Waals surface area contributed by atoms with Crippen LogP contribution >= 0.6 is 0 Å². The Bertz CT molecular complexity index is 396. The van der Waals surface area contributed by atoms with Crippen LogP contribution in [-0.2, 0) is 4.79 Å². The van der Waals surface area contributed by atoms with E-state index >= 15 is 0 Å². The fraction of sp³-hybridized carbons (Fsp3) is 0.364. The van der Waals surface area contributed by atoms with Gasteiger partial charge in [0.1, 0.15) is 12.4 Å². The summed E-state index contributed by atoms with van der Waals surface area (Å²) in [5.41, 5.74) is 0.570. The zero-order valence-corrected chi connectivity index (χ0v) is 7.75. The van der Waals surface area contributed by atoms with E-state index in [2.05, 4.69) is 5.32 Å². The molecular formula is C11H11NO2. The van der Waals surface area contributed by atoms with Crippen LogP contribution in [-0.4, -0.2) is 12.5 Å². The van der Waals surface area contributed by atoms with Gasteiger partial charge in [-0.1, -0.05) is 12.1 Å². The fourth-order valence-corrected chi connectivity index (χ4v) is 1.75. The van der Waals surface area contributed by atoms with Crippen molar-refractivity contribution in [2.24, 2.45) is 5.41 Å². The molecule has 72 valence electrons. The predicted octanol–water partition coefficient (Wildman–Crippen LogP) is 1.80. The van der Waals surface area contributed by atoms with E-state index < -0.39 is 0 Å². The van der Waals surface area contributed by atoms with E-state index in [4.69, 9.17) is 4.74 Å². The number of benzene rings is 1. The minimum atomic E-state index is -0.223. The van der Waals surface area contributed by atoms with Crippen molar-refractivity contribution in [1.29, 1.82) is 0 Å². The van der Waals surface area contributed by atoms with E-state index in [0.717, 1.165) is 24.3 Å². The molecule has 1 amide bonds. The molecule has 0 saturated heterocycles. The number of hydrogen-bond donors (Lipinski definition) is 1. The normalized spacial score (nSPS) is 21.9. The Balaban J connectivity index is 2.00. The highest BCUT2D eigenvalue weighted by Crippen LogP contribution is 2.49. The molecule has 1 fully saturated rings. The molecule has 1 N–H and O–H groups in total. The van der Waals surface area contributed by atoms with Gasteiger partial charge in [0.05, 0.1) is 11.1 Å². The summed E-state index contributed by atoms with van der Waals surface area (Å²) >= 11 is 0. The number of hydrogen-bond acceptors (Lipinski definition) is 2. The van der Waals surface area contributed by atoms with Gasteiger partial charge in [-0.15, -0.1) is 0 Å². The van der Waals surface area contributed by atoms with Gasteiger partial charge in [0.15, 0.2) is 0 Å². The molecule has 3 heteroatoms. The molecule has 1 aliphatic heterocycles. The Hall–Kier alpha value is -1.51. The summed E-state index contributed by atoms with van der Waals surface area (Å²) in [5, 5.41) is 2.91. The average Bonchev–Trinajstić information content (AvgIpc) is 2.98. The van der Waals surface area contributed by atoms with Crippen LogP contribution in [0.4, 0.5) is 5.69 Å². The standard InChI is InChI=1S/C11H11NO2/c13-10-11(5-6-11)7-14-9-4-2-1-3-8(9)12-10/h1-4H,5-7H2,(H,12,13). The molecule has 1 aliphatic carbocycles. The van der Waals surface area contributed by atoms with Crippen molar-refractivity contribution >= 4 is 11.6 Å². The summed E-state index contributed by atoms with van der Waals surface area (Å²) in [6.45, 7) is 0.524. The molecule has 14 heavy (non-hydrogen) atoms.